The maximum atomic E-state index is 11.9. The number of morpholine rings is 1. The van der Waals surface area contributed by atoms with Gasteiger partial charge >= 0.3 is 0 Å². The van der Waals surface area contributed by atoms with Gasteiger partial charge in [0.05, 0.1) is 31.1 Å². The normalized spacial score (nSPS) is 16.6. The molecule has 6 heteroatoms. The minimum absolute atomic E-state index is 0.149. The Kier molecular flexibility index (Phi) is 5.95. The molecule has 6 nitrogen and oxygen atoms in total. The summed E-state index contributed by atoms with van der Waals surface area (Å²) in [5.41, 5.74) is 6.53. The van der Waals surface area contributed by atoms with E-state index in [1.165, 1.54) is 0 Å². The third-order valence-corrected chi connectivity index (χ3v) is 3.56. The zero-order chi connectivity index (χ0) is 15.1. The zero-order valence-corrected chi connectivity index (χ0v) is 12.5. The van der Waals surface area contributed by atoms with Crippen LogP contribution < -0.4 is 16.0 Å². The molecule has 1 aliphatic rings. The average molecular weight is 292 g/mol. The summed E-state index contributed by atoms with van der Waals surface area (Å²) in [6.07, 6.45) is 4.39. The second kappa shape index (κ2) is 7.95. The fraction of sp³-hybridized carbons (Fsp3) is 0.600. The van der Waals surface area contributed by atoms with E-state index in [4.69, 9.17) is 10.5 Å². The molecule has 1 aromatic heterocycles. The largest absolute Gasteiger partial charge is 0.378 e. The molecule has 1 saturated heterocycles. The van der Waals surface area contributed by atoms with Crippen molar-refractivity contribution in [3.63, 3.8) is 0 Å². The van der Waals surface area contributed by atoms with E-state index in [1.807, 2.05) is 12.1 Å². The first-order valence-electron chi connectivity index (χ1n) is 7.56. The Balaban J connectivity index is 1.88. The van der Waals surface area contributed by atoms with Crippen LogP contribution in [0.4, 0.5) is 11.5 Å². The van der Waals surface area contributed by atoms with Crippen molar-refractivity contribution in [1.82, 2.24) is 4.98 Å². The molecule has 1 unspecified atom stereocenters. The van der Waals surface area contributed by atoms with Gasteiger partial charge in [-0.25, -0.2) is 4.98 Å². The van der Waals surface area contributed by atoms with E-state index < -0.39 is 6.04 Å². The van der Waals surface area contributed by atoms with Crippen molar-refractivity contribution in [2.45, 2.75) is 32.2 Å². The number of ether oxygens (including phenoxy) is 1. The quantitative estimate of drug-likeness (QED) is 0.828. The highest BCUT2D eigenvalue weighted by molar-refractivity contribution is 5.94. The van der Waals surface area contributed by atoms with E-state index in [9.17, 15) is 4.79 Å². The number of rotatable bonds is 6. The summed E-state index contributed by atoms with van der Waals surface area (Å²) < 4.78 is 5.32. The van der Waals surface area contributed by atoms with E-state index in [0.717, 1.165) is 45.0 Å². The minimum atomic E-state index is -0.455. The number of hydrogen-bond donors (Lipinski definition) is 2. The van der Waals surface area contributed by atoms with Crippen LogP contribution >= 0.6 is 0 Å². The molecule has 3 N–H and O–H groups in total. The number of anilines is 2. The number of hydrogen-bond acceptors (Lipinski definition) is 5. The second-order valence-corrected chi connectivity index (χ2v) is 5.24. The monoisotopic (exact) mass is 292 g/mol. The molecule has 0 spiro atoms. The molecule has 0 bridgehead atoms. The van der Waals surface area contributed by atoms with Crippen molar-refractivity contribution < 1.29 is 9.53 Å². The standard InChI is InChI=1S/C15H24N4O2/c1-2-3-4-13(16)15(20)18-12-5-6-14(17-11-12)19-7-9-21-10-8-19/h5-6,11,13H,2-4,7-10,16H2,1H3,(H,18,20). The van der Waals surface area contributed by atoms with Crippen molar-refractivity contribution >= 4 is 17.4 Å². The third kappa shape index (κ3) is 4.68. The van der Waals surface area contributed by atoms with Gasteiger partial charge in [-0.2, -0.15) is 0 Å². The molecule has 116 valence electrons. The summed E-state index contributed by atoms with van der Waals surface area (Å²) in [5.74, 6) is 0.760. The highest BCUT2D eigenvalue weighted by Gasteiger charge is 2.14. The lowest BCUT2D eigenvalue weighted by atomic mass is 10.1. The van der Waals surface area contributed by atoms with Crippen LogP contribution in [0.2, 0.25) is 0 Å². The van der Waals surface area contributed by atoms with Crippen molar-refractivity contribution in [2.24, 2.45) is 5.73 Å². The molecular weight excluding hydrogens is 268 g/mol. The third-order valence-electron chi connectivity index (χ3n) is 3.56. The van der Waals surface area contributed by atoms with Gasteiger partial charge in [-0.05, 0) is 18.6 Å². The van der Waals surface area contributed by atoms with Gasteiger partial charge in [0.2, 0.25) is 5.91 Å². The van der Waals surface area contributed by atoms with Crippen LogP contribution in [0.15, 0.2) is 18.3 Å². The molecule has 0 radical (unpaired) electrons. The number of aromatic nitrogens is 1. The predicted octanol–water partition coefficient (Wildman–Crippen LogP) is 1.37. The predicted molar refractivity (Wildman–Crippen MR) is 83.4 cm³/mol. The van der Waals surface area contributed by atoms with Crippen LogP contribution in [0.1, 0.15) is 26.2 Å². The maximum absolute atomic E-state index is 11.9. The maximum Gasteiger partial charge on any atom is 0.241 e. The Morgan fingerprint density at radius 1 is 1.48 bits per heavy atom. The first kappa shape index (κ1) is 15.7. The molecule has 1 atom stereocenters. The molecule has 2 rings (SSSR count). The van der Waals surface area contributed by atoms with Crippen LogP contribution in [0.5, 0.6) is 0 Å². The van der Waals surface area contributed by atoms with Gasteiger partial charge in [0, 0.05) is 13.1 Å². The fourth-order valence-corrected chi connectivity index (χ4v) is 2.23. The van der Waals surface area contributed by atoms with Gasteiger partial charge in [0.25, 0.3) is 0 Å². The number of pyridine rings is 1. The summed E-state index contributed by atoms with van der Waals surface area (Å²) in [6, 6.07) is 3.32. The number of unbranched alkanes of at least 4 members (excludes halogenated alkanes) is 1. The number of carbonyl (C=O) groups excluding carboxylic acids is 1. The number of nitrogens with one attached hydrogen (secondary N) is 1. The number of nitrogens with two attached hydrogens (primary N) is 1. The minimum Gasteiger partial charge on any atom is -0.378 e. The molecule has 0 aromatic carbocycles. The van der Waals surface area contributed by atoms with E-state index in [-0.39, 0.29) is 5.91 Å². The van der Waals surface area contributed by atoms with Crippen molar-refractivity contribution in [3.05, 3.63) is 18.3 Å². The zero-order valence-electron chi connectivity index (χ0n) is 12.5. The lowest BCUT2D eigenvalue weighted by Gasteiger charge is -2.27. The van der Waals surface area contributed by atoms with Crippen LogP contribution in [0.3, 0.4) is 0 Å². The lowest BCUT2D eigenvalue weighted by molar-refractivity contribution is -0.117. The van der Waals surface area contributed by atoms with Crippen molar-refractivity contribution in [2.75, 3.05) is 36.5 Å². The summed E-state index contributed by atoms with van der Waals surface area (Å²) in [4.78, 5) is 18.5. The van der Waals surface area contributed by atoms with Crippen molar-refractivity contribution in [1.29, 1.82) is 0 Å². The first-order valence-corrected chi connectivity index (χ1v) is 7.56. The summed E-state index contributed by atoms with van der Waals surface area (Å²) in [7, 11) is 0. The molecule has 0 aliphatic carbocycles. The topological polar surface area (TPSA) is 80.5 Å². The highest BCUT2D eigenvalue weighted by atomic mass is 16.5. The van der Waals surface area contributed by atoms with Crippen LogP contribution in [-0.4, -0.2) is 43.2 Å². The lowest BCUT2D eigenvalue weighted by Crippen LogP contribution is -2.37. The van der Waals surface area contributed by atoms with E-state index in [0.29, 0.717) is 12.1 Å². The summed E-state index contributed by atoms with van der Waals surface area (Å²) >= 11 is 0. The molecular formula is C15H24N4O2. The van der Waals surface area contributed by atoms with Crippen LogP contribution in [0.25, 0.3) is 0 Å². The van der Waals surface area contributed by atoms with Gasteiger partial charge in [0.15, 0.2) is 0 Å². The average Bonchev–Trinajstić information content (AvgIpc) is 2.54. The van der Waals surface area contributed by atoms with Gasteiger partial charge < -0.3 is 20.7 Å². The Morgan fingerprint density at radius 3 is 2.86 bits per heavy atom. The first-order chi connectivity index (χ1) is 10.2. The van der Waals surface area contributed by atoms with E-state index in [2.05, 4.69) is 22.1 Å². The summed E-state index contributed by atoms with van der Waals surface area (Å²) in [5, 5.41) is 2.81. The van der Waals surface area contributed by atoms with Gasteiger partial charge in [-0.1, -0.05) is 19.8 Å². The Morgan fingerprint density at radius 2 is 2.24 bits per heavy atom. The van der Waals surface area contributed by atoms with Gasteiger partial charge in [-0.15, -0.1) is 0 Å². The second-order valence-electron chi connectivity index (χ2n) is 5.24. The number of carbonyl (C=O) groups is 1. The number of amides is 1. The molecule has 1 aliphatic heterocycles. The smallest absolute Gasteiger partial charge is 0.241 e. The van der Waals surface area contributed by atoms with Crippen LogP contribution in [0, 0.1) is 0 Å². The highest BCUT2D eigenvalue weighted by Crippen LogP contribution is 2.15. The van der Waals surface area contributed by atoms with E-state index in [1.54, 1.807) is 6.20 Å². The fourth-order valence-electron chi connectivity index (χ4n) is 2.23. The molecule has 0 saturated carbocycles. The number of nitrogens with zero attached hydrogens (tertiary/aromatic N) is 2. The van der Waals surface area contributed by atoms with Crippen LogP contribution in [-0.2, 0) is 9.53 Å². The van der Waals surface area contributed by atoms with E-state index >= 15 is 0 Å². The SMILES string of the molecule is CCCCC(N)C(=O)Nc1ccc(N2CCOCC2)nc1. The Hall–Kier alpha value is -1.66. The van der Waals surface area contributed by atoms with Gasteiger partial charge in [0.1, 0.15) is 5.82 Å². The Labute approximate surface area is 125 Å². The van der Waals surface area contributed by atoms with Gasteiger partial charge in [-0.3, -0.25) is 4.79 Å². The Bertz CT molecular complexity index is 443. The van der Waals surface area contributed by atoms with Crippen molar-refractivity contribution in [3.8, 4) is 0 Å². The molecule has 1 amide bonds. The molecule has 21 heavy (non-hydrogen) atoms. The summed E-state index contributed by atoms with van der Waals surface area (Å²) in [6.45, 7) is 5.24. The molecule has 1 fully saturated rings. The molecule has 1 aromatic rings. The molecule has 2 heterocycles.